The average molecular weight is 379 g/mol. The monoisotopic (exact) mass is 379 g/mol. The van der Waals surface area contributed by atoms with E-state index < -0.39 is 0 Å². The van der Waals surface area contributed by atoms with Crippen molar-refractivity contribution in [3.8, 4) is 28.6 Å². The largest absolute Gasteiger partial charge is 0.497 e. The zero-order valence-electron chi connectivity index (χ0n) is 15.1. The normalized spacial score (nSPS) is 18.0. The summed E-state index contributed by atoms with van der Waals surface area (Å²) in [5.41, 5.74) is 1.57. The first kappa shape index (κ1) is 16.6. The zero-order chi connectivity index (χ0) is 19.1. The van der Waals surface area contributed by atoms with Gasteiger partial charge in [-0.25, -0.2) is 0 Å². The summed E-state index contributed by atoms with van der Waals surface area (Å²) in [6.45, 7) is 0.690. The molecule has 3 heterocycles. The van der Waals surface area contributed by atoms with Crippen LogP contribution in [0.1, 0.15) is 18.2 Å². The number of carbonyl (C=O) groups excluding carboxylic acids is 1. The van der Waals surface area contributed by atoms with E-state index in [1.165, 1.54) is 0 Å². The number of anilines is 1. The zero-order valence-corrected chi connectivity index (χ0v) is 15.1. The van der Waals surface area contributed by atoms with Gasteiger partial charge in [0.15, 0.2) is 11.5 Å². The molecular weight excluding hydrogens is 362 g/mol. The summed E-state index contributed by atoms with van der Waals surface area (Å²) in [6.07, 6.45) is 0.319. The van der Waals surface area contributed by atoms with Crippen molar-refractivity contribution < 1.29 is 23.5 Å². The third-order valence-electron chi connectivity index (χ3n) is 4.91. The maximum absolute atomic E-state index is 12.5. The Morgan fingerprint density at radius 2 is 2.04 bits per heavy atom. The minimum absolute atomic E-state index is 0.0149. The van der Waals surface area contributed by atoms with Crippen LogP contribution in [-0.4, -0.2) is 36.5 Å². The average Bonchev–Trinajstić information content (AvgIpc) is 3.46. The second-order valence-corrected chi connectivity index (χ2v) is 6.63. The van der Waals surface area contributed by atoms with Gasteiger partial charge in [0, 0.05) is 30.3 Å². The van der Waals surface area contributed by atoms with Gasteiger partial charge in [0.1, 0.15) is 5.75 Å². The van der Waals surface area contributed by atoms with Crippen molar-refractivity contribution in [2.45, 2.75) is 12.3 Å². The van der Waals surface area contributed by atoms with E-state index in [1.54, 1.807) is 12.0 Å². The molecule has 0 radical (unpaired) electrons. The molecule has 0 aliphatic carbocycles. The van der Waals surface area contributed by atoms with Gasteiger partial charge in [-0.1, -0.05) is 11.2 Å². The number of amides is 1. The summed E-state index contributed by atoms with van der Waals surface area (Å²) >= 11 is 0. The van der Waals surface area contributed by atoms with Crippen LogP contribution in [0, 0.1) is 0 Å². The van der Waals surface area contributed by atoms with Crippen molar-refractivity contribution in [2.24, 2.45) is 0 Å². The molecule has 0 spiro atoms. The molecule has 2 aliphatic rings. The molecule has 1 saturated heterocycles. The maximum Gasteiger partial charge on any atom is 0.232 e. The Morgan fingerprint density at radius 1 is 1.14 bits per heavy atom. The van der Waals surface area contributed by atoms with Gasteiger partial charge in [0.05, 0.1) is 13.0 Å². The minimum atomic E-state index is -0.158. The van der Waals surface area contributed by atoms with E-state index >= 15 is 0 Å². The number of aromatic nitrogens is 2. The maximum atomic E-state index is 12.5. The first-order valence-corrected chi connectivity index (χ1v) is 8.89. The first-order valence-electron chi connectivity index (χ1n) is 8.89. The molecule has 1 aromatic heterocycles. The standard InChI is InChI=1S/C20H17N3O5/c1-25-15-4-2-3-14(9-15)23-10-13(8-18(23)24)20-21-19(22-28-20)12-5-6-16-17(7-12)27-11-26-16/h2-7,9,13H,8,10-11H2,1H3. The molecule has 8 nitrogen and oxygen atoms in total. The number of fused-ring (bicyclic) bond motifs is 1. The van der Waals surface area contributed by atoms with Gasteiger partial charge in [0.2, 0.25) is 24.4 Å². The van der Waals surface area contributed by atoms with Crippen molar-refractivity contribution in [1.29, 1.82) is 0 Å². The quantitative estimate of drug-likeness (QED) is 0.689. The van der Waals surface area contributed by atoms with Gasteiger partial charge >= 0.3 is 0 Å². The Labute approximate surface area is 160 Å². The van der Waals surface area contributed by atoms with Crippen LogP contribution in [-0.2, 0) is 4.79 Å². The first-order chi connectivity index (χ1) is 13.7. The Hall–Kier alpha value is -3.55. The van der Waals surface area contributed by atoms with Crippen molar-refractivity contribution in [1.82, 2.24) is 10.1 Å². The molecule has 0 N–H and O–H groups in total. The SMILES string of the molecule is COc1cccc(N2CC(c3nc(-c4ccc5c(c4)OCO5)no3)CC2=O)c1. The summed E-state index contributed by atoms with van der Waals surface area (Å²) in [5.74, 6) is 2.82. The Morgan fingerprint density at radius 3 is 2.93 bits per heavy atom. The van der Waals surface area contributed by atoms with E-state index in [4.69, 9.17) is 18.7 Å². The molecule has 142 valence electrons. The van der Waals surface area contributed by atoms with Crippen LogP contribution < -0.4 is 19.1 Å². The molecule has 1 unspecified atom stereocenters. The van der Waals surface area contributed by atoms with Crippen LogP contribution >= 0.6 is 0 Å². The van der Waals surface area contributed by atoms with Crippen molar-refractivity contribution >= 4 is 11.6 Å². The highest BCUT2D eigenvalue weighted by molar-refractivity contribution is 5.96. The topological polar surface area (TPSA) is 86.9 Å². The molecule has 2 aliphatic heterocycles. The third-order valence-corrected chi connectivity index (χ3v) is 4.91. The van der Waals surface area contributed by atoms with Crippen LogP contribution in [0.3, 0.4) is 0 Å². The van der Waals surface area contributed by atoms with Crippen LogP contribution in [0.4, 0.5) is 5.69 Å². The lowest BCUT2D eigenvalue weighted by molar-refractivity contribution is -0.117. The molecule has 5 rings (SSSR count). The molecule has 8 heteroatoms. The van der Waals surface area contributed by atoms with Gasteiger partial charge in [-0.2, -0.15) is 4.98 Å². The fourth-order valence-corrected chi connectivity index (χ4v) is 3.45. The molecule has 1 fully saturated rings. The third kappa shape index (κ3) is 2.83. The van der Waals surface area contributed by atoms with Gasteiger partial charge in [-0.05, 0) is 30.3 Å². The molecule has 3 aromatic rings. The number of hydrogen-bond acceptors (Lipinski definition) is 7. The van der Waals surface area contributed by atoms with Crippen molar-refractivity contribution in [3.63, 3.8) is 0 Å². The number of carbonyl (C=O) groups is 1. The number of ether oxygens (including phenoxy) is 3. The Bertz CT molecular complexity index is 1050. The second-order valence-electron chi connectivity index (χ2n) is 6.63. The predicted octanol–water partition coefficient (Wildman–Crippen LogP) is 2.99. The summed E-state index contributed by atoms with van der Waals surface area (Å²) in [7, 11) is 1.60. The molecule has 0 saturated carbocycles. The molecule has 1 atom stereocenters. The molecule has 1 amide bonds. The fourth-order valence-electron chi connectivity index (χ4n) is 3.45. The molecule has 28 heavy (non-hydrogen) atoms. The van der Waals surface area contributed by atoms with E-state index in [0.717, 1.165) is 11.3 Å². The van der Waals surface area contributed by atoms with Crippen LogP contribution in [0.25, 0.3) is 11.4 Å². The van der Waals surface area contributed by atoms with Gasteiger partial charge in [-0.3, -0.25) is 4.79 Å². The van der Waals surface area contributed by atoms with E-state index in [0.29, 0.717) is 41.9 Å². The number of nitrogens with zero attached hydrogens (tertiary/aromatic N) is 3. The van der Waals surface area contributed by atoms with Crippen LogP contribution in [0.2, 0.25) is 0 Å². The lowest BCUT2D eigenvalue weighted by Gasteiger charge is -2.16. The lowest BCUT2D eigenvalue weighted by Crippen LogP contribution is -2.24. The van der Waals surface area contributed by atoms with Crippen LogP contribution in [0.15, 0.2) is 47.0 Å². The predicted molar refractivity (Wildman–Crippen MR) is 98.6 cm³/mol. The number of hydrogen-bond donors (Lipinski definition) is 0. The smallest absolute Gasteiger partial charge is 0.232 e. The Balaban J connectivity index is 1.37. The van der Waals surface area contributed by atoms with Gasteiger partial charge in [0.25, 0.3) is 0 Å². The summed E-state index contributed by atoms with van der Waals surface area (Å²) < 4.78 is 21.4. The highest BCUT2D eigenvalue weighted by atomic mass is 16.7. The Kier molecular flexibility index (Phi) is 3.89. The van der Waals surface area contributed by atoms with E-state index in [2.05, 4.69) is 10.1 Å². The highest BCUT2D eigenvalue weighted by Crippen LogP contribution is 2.36. The molecule has 0 bridgehead atoms. The molecular formula is C20H17N3O5. The minimum Gasteiger partial charge on any atom is -0.497 e. The lowest BCUT2D eigenvalue weighted by atomic mass is 10.1. The highest BCUT2D eigenvalue weighted by Gasteiger charge is 2.35. The molecule has 2 aromatic carbocycles. The number of rotatable bonds is 4. The van der Waals surface area contributed by atoms with E-state index in [-0.39, 0.29) is 18.6 Å². The van der Waals surface area contributed by atoms with Crippen molar-refractivity contribution in [2.75, 3.05) is 25.3 Å². The summed E-state index contributed by atoms with van der Waals surface area (Å²) in [5, 5.41) is 4.07. The van der Waals surface area contributed by atoms with Crippen molar-refractivity contribution in [3.05, 3.63) is 48.4 Å². The fraction of sp³-hybridized carbons (Fsp3) is 0.250. The van der Waals surface area contributed by atoms with E-state index in [9.17, 15) is 4.79 Å². The summed E-state index contributed by atoms with van der Waals surface area (Å²) in [4.78, 5) is 18.8. The number of methoxy groups -OCH3 is 1. The van der Waals surface area contributed by atoms with Gasteiger partial charge < -0.3 is 23.6 Å². The summed E-state index contributed by atoms with van der Waals surface area (Å²) in [6, 6.07) is 12.9. The van der Waals surface area contributed by atoms with Crippen LogP contribution in [0.5, 0.6) is 17.2 Å². The van der Waals surface area contributed by atoms with E-state index in [1.807, 2.05) is 42.5 Å². The van der Waals surface area contributed by atoms with Gasteiger partial charge in [-0.15, -0.1) is 0 Å². The number of benzene rings is 2. The second kappa shape index (κ2) is 6.56.